The first-order valence-corrected chi connectivity index (χ1v) is 10.7. The molecular formula is C20H32N5OS+. The Hall–Kier alpha value is -1.86. The minimum absolute atomic E-state index is 0.0146. The molecule has 27 heavy (non-hydrogen) atoms. The summed E-state index contributed by atoms with van der Waals surface area (Å²) >= 11 is 1.47. The average molecular weight is 391 g/mol. The largest absolute Gasteiger partial charge is 0.351 e. The highest BCUT2D eigenvalue weighted by molar-refractivity contribution is 7.99. The topological polar surface area (TPSA) is 64.2 Å². The highest BCUT2D eigenvalue weighted by Gasteiger charge is 2.24. The number of unbranched alkanes of at least 4 members (excludes halogenated alkanes) is 1. The molecule has 2 rings (SSSR count). The molecule has 0 aliphatic carbocycles. The van der Waals surface area contributed by atoms with Crippen molar-refractivity contribution >= 4 is 17.7 Å². The molecule has 1 heterocycles. The molecule has 0 saturated heterocycles. The number of thioether (sulfide) groups is 1. The third-order valence-electron chi connectivity index (χ3n) is 4.56. The van der Waals surface area contributed by atoms with Crippen molar-refractivity contribution in [3.63, 3.8) is 0 Å². The van der Waals surface area contributed by atoms with Crippen molar-refractivity contribution in [2.45, 2.75) is 57.4 Å². The van der Waals surface area contributed by atoms with E-state index in [0.29, 0.717) is 18.3 Å². The molecule has 1 aromatic heterocycles. The van der Waals surface area contributed by atoms with E-state index in [2.05, 4.69) is 48.0 Å². The van der Waals surface area contributed by atoms with Gasteiger partial charge in [0.15, 0.2) is 11.0 Å². The molecule has 2 aromatic rings. The van der Waals surface area contributed by atoms with E-state index in [9.17, 15) is 4.79 Å². The van der Waals surface area contributed by atoms with Gasteiger partial charge in [0.05, 0.1) is 19.8 Å². The van der Waals surface area contributed by atoms with Gasteiger partial charge in [-0.25, -0.2) is 0 Å². The molecule has 1 aromatic carbocycles. The molecule has 0 radical (unpaired) electrons. The fraction of sp³-hybridized carbons (Fsp3) is 0.550. The molecular weight excluding hydrogens is 358 g/mol. The van der Waals surface area contributed by atoms with Crippen LogP contribution in [0.15, 0.2) is 35.5 Å². The predicted octanol–water partition coefficient (Wildman–Crippen LogP) is 2.08. The number of carbonyl (C=O) groups is 1. The van der Waals surface area contributed by atoms with Crippen LogP contribution in [0.5, 0.6) is 0 Å². The van der Waals surface area contributed by atoms with Gasteiger partial charge >= 0.3 is 0 Å². The predicted molar refractivity (Wildman–Crippen MR) is 110 cm³/mol. The minimum Gasteiger partial charge on any atom is -0.351 e. The average Bonchev–Trinajstić information content (AvgIpc) is 3.06. The Kier molecular flexibility index (Phi) is 8.81. The van der Waals surface area contributed by atoms with E-state index in [1.165, 1.54) is 16.7 Å². The van der Waals surface area contributed by atoms with Gasteiger partial charge in [-0.05, 0) is 12.0 Å². The van der Waals surface area contributed by atoms with E-state index in [1.54, 1.807) is 0 Å². The summed E-state index contributed by atoms with van der Waals surface area (Å²) in [5, 5.41) is 12.7. The number of aromatic nitrogens is 3. The zero-order valence-electron chi connectivity index (χ0n) is 16.9. The standard InChI is InChI=1S/C20H31N5OS/c1-5-7-13-25-19(17(6-2)24(3)4)22-23-20(25)27-15-18(26)21-14-16-11-9-8-10-12-16/h8-12,17H,5-7,13-15H2,1-4H3,(H,21,26)/p+1/t17-/m1/s1. The molecule has 0 bridgehead atoms. The van der Waals surface area contributed by atoms with Crippen molar-refractivity contribution in [1.82, 2.24) is 20.1 Å². The molecule has 0 spiro atoms. The summed E-state index contributed by atoms with van der Waals surface area (Å²) in [6.45, 7) is 5.81. The van der Waals surface area contributed by atoms with Crippen molar-refractivity contribution < 1.29 is 9.69 Å². The fourth-order valence-corrected chi connectivity index (χ4v) is 3.82. The molecule has 7 heteroatoms. The number of nitrogens with one attached hydrogen (secondary N) is 2. The molecule has 148 valence electrons. The van der Waals surface area contributed by atoms with Crippen molar-refractivity contribution in [2.24, 2.45) is 0 Å². The first kappa shape index (κ1) is 21.4. The van der Waals surface area contributed by atoms with E-state index < -0.39 is 0 Å². The summed E-state index contributed by atoms with van der Waals surface area (Å²) in [6.07, 6.45) is 3.21. The summed E-state index contributed by atoms with van der Waals surface area (Å²) in [6, 6.07) is 10.3. The van der Waals surface area contributed by atoms with Crippen LogP contribution in [0, 0.1) is 0 Å². The van der Waals surface area contributed by atoms with Gasteiger partial charge < -0.3 is 14.8 Å². The number of hydrogen-bond donors (Lipinski definition) is 2. The second-order valence-electron chi connectivity index (χ2n) is 6.94. The van der Waals surface area contributed by atoms with Crippen LogP contribution in [0.4, 0.5) is 0 Å². The molecule has 0 fully saturated rings. The quantitative estimate of drug-likeness (QED) is 0.577. The second-order valence-corrected chi connectivity index (χ2v) is 7.88. The molecule has 0 saturated carbocycles. The summed E-state index contributed by atoms with van der Waals surface area (Å²) in [5.74, 6) is 1.39. The number of quaternary nitrogens is 1. The van der Waals surface area contributed by atoms with Gasteiger partial charge in [0.1, 0.15) is 6.04 Å². The molecule has 1 atom stereocenters. The van der Waals surface area contributed by atoms with Crippen molar-refractivity contribution in [3.05, 3.63) is 41.7 Å². The lowest BCUT2D eigenvalue weighted by atomic mass is 10.2. The second kappa shape index (κ2) is 11.1. The number of carbonyl (C=O) groups excluding carboxylic acids is 1. The van der Waals surface area contributed by atoms with Crippen LogP contribution >= 0.6 is 11.8 Å². The Balaban J connectivity index is 2.00. The molecule has 2 N–H and O–H groups in total. The Morgan fingerprint density at radius 3 is 2.59 bits per heavy atom. The Morgan fingerprint density at radius 2 is 1.96 bits per heavy atom. The Morgan fingerprint density at radius 1 is 1.22 bits per heavy atom. The lowest BCUT2D eigenvalue weighted by Crippen LogP contribution is -3.06. The number of nitrogens with zero attached hydrogens (tertiary/aromatic N) is 3. The van der Waals surface area contributed by atoms with Gasteiger partial charge in [0.25, 0.3) is 0 Å². The first-order chi connectivity index (χ1) is 13.1. The highest BCUT2D eigenvalue weighted by Crippen LogP contribution is 2.21. The van der Waals surface area contributed by atoms with Crippen LogP contribution in [0.1, 0.15) is 50.5 Å². The van der Waals surface area contributed by atoms with Crippen LogP contribution < -0.4 is 10.2 Å². The number of hydrogen-bond acceptors (Lipinski definition) is 4. The molecule has 0 aliphatic rings. The summed E-state index contributed by atoms with van der Waals surface area (Å²) in [7, 11) is 4.30. The maximum Gasteiger partial charge on any atom is 0.230 e. The van der Waals surface area contributed by atoms with E-state index in [-0.39, 0.29) is 5.91 Å². The van der Waals surface area contributed by atoms with Crippen molar-refractivity contribution in [1.29, 1.82) is 0 Å². The maximum atomic E-state index is 12.2. The number of benzene rings is 1. The van der Waals surface area contributed by atoms with E-state index >= 15 is 0 Å². The van der Waals surface area contributed by atoms with Gasteiger partial charge in [-0.1, -0.05) is 62.4 Å². The van der Waals surface area contributed by atoms with Crippen LogP contribution in [0.3, 0.4) is 0 Å². The van der Waals surface area contributed by atoms with E-state index in [1.807, 2.05) is 30.3 Å². The normalized spacial score (nSPS) is 12.3. The number of rotatable bonds is 11. The van der Waals surface area contributed by atoms with Gasteiger partial charge in [-0.3, -0.25) is 4.79 Å². The number of amides is 1. The zero-order valence-corrected chi connectivity index (χ0v) is 17.7. The van der Waals surface area contributed by atoms with Crippen LogP contribution in [-0.4, -0.2) is 40.5 Å². The monoisotopic (exact) mass is 390 g/mol. The summed E-state index contributed by atoms with van der Waals surface area (Å²) in [5.41, 5.74) is 1.10. The highest BCUT2D eigenvalue weighted by atomic mass is 32.2. The smallest absolute Gasteiger partial charge is 0.230 e. The third kappa shape index (κ3) is 6.36. The molecule has 1 amide bonds. The van der Waals surface area contributed by atoms with Gasteiger partial charge in [-0.15, -0.1) is 10.2 Å². The maximum absolute atomic E-state index is 12.2. The van der Waals surface area contributed by atoms with Gasteiger partial charge in [-0.2, -0.15) is 0 Å². The van der Waals surface area contributed by atoms with Crippen molar-refractivity contribution in [3.8, 4) is 0 Å². The van der Waals surface area contributed by atoms with Crippen LogP contribution in [0.25, 0.3) is 0 Å². The summed E-state index contributed by atoms with van der Waals surface area (Å²) in [4.78, 5) is 13.6. The van der Waals surface area contributed by atoms with Crippen LogP contribution in [0.2, 0.25) is 0 Å². The molecule has 0 unspecified atom stereocenters. The lowest BCUT2D eigenvalue weighted by molar-refractivity contribution is -0.893. The Bertz CT molecular complexity index is 702. The Labute approximate surface area is 166 Å². The summed E-state index contributed by atoms with van der Waals surface area (Å²) < 4.78 is 2.21. The minimum atomic E-state index is 0.0146. The van der Waals surface area contributed by atoms with Crippen LogP contribution in [-0.2, 0) is 17.9 Å². The zero-order chi connectivity index (χ0) is 19.6. The van der Waals surface area contributed by atoms with E-state index in [0.717, 1.165) is 42.4 Å². The lowest BCUT2D eigenvalue weighted by Gasteiger charge is -2.20. The van der Waals surface area contributed by atoms with Crippen molar-refractivity contribution in [2.75, 3.05) is 19.8 Å². The first-order valence-electron chi connectivity index (χ1n) is 9.73. The van der Waals surface area contributed by atoms with Gasteiger partial charge in [0.2, 0.25) is 5.91 Å². The molecule has 0 aliphatic heterocycles. The molecule has 6 nitrogen and oxygen atoms in total. The fourth-order valence-electron chi connectivity index (χ4n) is 3.02. The van der Waals surface area contributed by atoms with E-state index in [4.69, 9.17) is 0 Å². The third-order valence-corrected chi connectivity index (χ3v) is 5.53. The van der Waals surface area contributed by atoms with Gasteiger partial charge in [0, 0.05) is 19.5 Å². The SMILES string of the molecule is CCCCn1c(SCC(=O)NCc2ccccc2)nnc1[C@@H](CC)[NH+](C)C.